The van der Waals surface area contributed by atoms with Gasteiger partial charge in [0.15, 0.2) is 0 Å². The molecule has 3 heteroatoms. The standard InChI is InChI=1S/C10H24N2O/c1-4-6-12(7-5-2)8-10(3,11)9-13/h13H,4-9,11H2,1-3H3. The molecule has 0 amide bonds. The fourth-order valence-electron chi connectivity index (χ4n) is 1.46. The molecule has 80 valence electrons. The Hall–Kier alpha value is -0.120. The zero-order valence-corrected chi connectivity index (χ0v) is 9.21. The number of nitrogens with zero attached hydrogens (tertiary/aromatic N) is 1. The molecule has 1 unspecified atom stereocenters. The lowest BCUT2D eigenvalue weighted by molar-refractivity contribution is 0.147. The molecule has 0 saturated heterocycles. The van der Waals surface area contributed by atoms with Crippen molar-refractivity contribution < 1.29 is 5.11 Å². The normalized spacial score (nSPS) is 16.2. The Bertz CT molecular complexity index is 120. The van der Waals surface area contributed by atoms with Crippen LogP contribution in [0.25, 0.3) is 0 Å². The van der Waals surface area contributed by atoms with E-state index in [0.29, 0.717) is 0 Å². The van der Waals surface area contributed by atoms with Gasteiger partial charge in [0.2, 0.25) is 0 Å². The Morgan fingerprint density at radius 1 is 1.23 bits per heavy atom. The Balaban J connectivity index is 3.92. The zero-order chi connectivity index (χ0) is 10.3. The first-order chi connectivity index (χ1) is 6.05. The minimum atomic E-state index is -0.454. The quantitative estimate of drug-likeness (QED) is 0.622. The van der Waals surface area contributed by atoms with E-state index in [4.69, 9.17) is 10.8 Å². The minimum absolute atomic E-state index is 0.0525. The predicted octanol–water partition coefficient (Wildman–Crippen LogP) is 0.818. The van der Waals surface area contributed by atoms with Gasteiger partial charge in [0.05, 0.1) is 6.61 Å². The van der Waals surface area contributed by atoms with Crippen molar-refractivity contribution in [3.63, 3.8) is 0 Å². The van der Waals surface area contributed by atoms with Gasteiger partial charge < -0.3 is 15.7 Å². The molecular formula is C10H24N2O. The Morgan fingerprint density at radius 3 is 2.00 bits per heavy atom. The van der Waals surface area contributed by atoms with Crippen LogP contribution < -0.4 is 5.73 Å². The fraction of sp³-hybridized carbons (Fsp3) is 1.00. The SMILES string of the molecule is CCCN(CCC)CC(C)(N)CO. The van der Waals surface area contributed by atoms with Crippen molar-refractivity contribution in [2.24, 2.45) is 5.73 Å². The summed E-state index contributed by atoms with van der Waals surface area (Å²) in [5.74, 6) is 0. The molecule has 0 aromatic carbocycles. The Labute approximate surface area is 81.9 Å². The van der Waals surface area contributed by atoms with Crippen LogP contribution in [0.15, 0.2) is 0 Å². The molecule has 0 spiro atoms. The van der Waals surface area contributed by atoms with Crippen molar-refractivity contribution in [1.29, 1.82) is 0 Å². The van der Waals surface area contributed by atoms with Gasteiger partial charge in [0, 0.05) is 12.1 Å². The smallest absolute Gasteiger partial charge is 0.0621 e. The molecule has 0 bridgehead atoms. The van der Waals surface area contributed by atoms with Crippen molar-refractivity contribution in [3.8, 4) is 0 Å². The van der Waals surface area contributed by atoms with Crippen molar-refractivity contribution in [1.82, 2.24) is 4.90 Å². The highest BCUT2D eigenvalue weighted by Gasteiger charge is 2.20. The van der Waals surface area contributed by atoms with E-state index in [-0.39, 0.29) is 6.61 Å². The minimum Gasteiger partial charge on any atom is -0.394 e. The summed E-state index contributed by atoms with van der Waals surface area (Å²) in [6.07, 6.45) is 2.28. The maximum atomic E-state index is 9.03. The summed E-state index contributed by atoms with van der Waals surface area (Å²) in [6.45, 7) is 9.19. The van der Waals surface area contributed by atoms with Gasteiger partial charge in [-0.25, -0.2) is 0 Å². The third-order valence-electron chi connectivity index (χ3n) is 2.03. The highest BCUT2D eigenvalue weighted by atomic mass is 16.3. The number of hydrogen-bond acceptors (Lipinski definition) is 3. The second-order valence-electron chi connectivity index (χ2n) is 4.09. The third kappa shape index (κ3) is 6.02. The summed E-state index contributed by atoms with van der Waals surface area (Å²) < 4.78 is 0. The van der Waals surface area contributed by atoms with Crippen molar-refractivity contribution >= 4 is 0 Å². The fourth-order valence-corrected chi connectivity index (χ4v) is 1.46. The predicted molar refractivity (Wildman–Crippen MR) is 56.7 cm³/mol. The van der Waals surface area contributed by atoms with E-state index in [1.165, 1.54) is 0 Å². The van der Waals surface area contributed by atoms with Gasteiger partial charge in [-0.3, -0.25) is 0 Å². The lowest BCUT2D eigenvalue weighted by atomic mass is 10.0. The maximum absolute atomic E-state index is 9.03. The molecule has 0 aliphatic heterocycles. The number of hydrogen-bond donors (Lipinski definition) is 2. The summed E-state index contributed by atoms with van der Waals surface area (Å²) in [4.78, 5) is 2.32. The van der Waals surface area contributed by atoms with Crippen LogP contribution in [-0.4, -0.2) is 41.8 Å². The number of rotatable bonds is 7. The van der Waals surface area contributed by atoms with Crippen LogP contribution in [-0.2, 0) is 0 Å². The molecule has 0 heterocycles. The van der Waals surface area contributed by atoms with Crippen LogP contribution in [0.2, 0.25) is 0 Å². The summed E-state index contributed by atoms with van der Waals surface area (Å²) >= 11 is 0. The van der Waals surface area contributed by atoms with Crippen LogP contribution in [0.1, 0.15) is 33.6 Å². The molecule has 3 N–H and O–H groups in total. The Morgan fingerprint density at radius 2 is 1.69 bits per heavy atom. The zero-order valence-electron chi connectivity index (χ0n) is 9.21. The van der Waals surface area contributed by atoms with Gasteiger partial charge in [-0.05, 0) is 32.9 Å². The molecule has 0 aliphatic carbocycles. The van der Waals surface area contributed by atoms with Crippen molar-refractivity contribution in [2.45, 2.75) is 39.2 Å². The van der Waals surface area contributed by atoms with Crippen LogP contribution >= 0.6 is 0 Å². The molecule has 0 fully saturated rings. The van der Waals surface area contributed by atoms with Crippen LogP contribution in [0.5, 0.6) is 0 Å². The number of aliphatic hydroxyl groups is 1. The molecule has 0 aliphatic rings. The highest BCUT2D eigenvalue weighted by Crippen LogP contribution is 2.03. The van der Waals surface area contributed by atoms with E-state index < -0.39 is 5.54 Å². The van der Waals surface area contributed by atoms with Gasteiger partial charge in [0.1, 0.15) is 0 Å². The Kier molecular flexibility index (Phi) is 6.29. The number of nitrogens with two attached hydrogens (primary N) is 1. The summed E-state index contributed by atoms with van der Waals surface area (Å²) in [5.41, 5.74) is 5.43. The molecule has 0 aromatic rings. The van der Waals surface area contributed by atoms with Crippen LogP contribution in [0.4, 0.5) is 0 Å². The van der Waals surface area contributed by atoms with Gasteiger partial charge in [0.25, 0.3) is 0 Å². The summed E-state index contributed by atoms with van der Waals surface area (Å²) in [5, 5.41) is 9.03. The second-order valence-corrected chi connectivity index (χ2v) is 4.09. The van der Waals surface area contributed by atoms with Gasteiger partial charge in [-0.1, -0.05) is 13.8 Å². The van der Waals surface area contributed by atoms with Crippen LogP contribution in [0.3, 0.4) is 0 Å². The van der Waals surface area contributed by atoms with Crippen LogP contribution in [0, 0.1) is 0 Å². The monoisotopic (exact) mass is 188 g/mol. The molecule has 1 atom stereocenters. The molecule has 3 nitrogen and oxygen atoms in total. The molecular weight excluding hydrogens is 164 g/mol. The van der Waals surface area contributed by atoms with E-state index in [2.05, 4.69) is 18.7 Å². The molecule has 0 saturated carbocycles. The summed E-state index contributed by atoms with van der Waals surface area (Å²) in [7, 11) is 0. The van der Waals surface area contributed by atoms with Gasteiger partial charge in [-0.2, -0.15) is 0 Å². The largest absolute Gasteiger partial charge is 0.394 e. The lowest BCUT2D eigenvalue weighted by Gasteiger charge is -2.30. The maximum Gasteiger partial charge on any atom is 0.0621 e. The van der Waals surface area contributed by atoms with Gasteiger partial charge >= 0.3 is 0 Å². The lowest BCUT2D eigenvalue weighted by Crippen LogP contribution is -2.50. The average Bonchev–Trinajstić information content (AvgIpc) is 2.05. The van der Waals surface area contributed by atoms with E-state index in [1.807, 2.05) is 6.92 Å². The number of aliphatic hydroxyl groups excluding tert-OH is 1. The first kappa shape index (κ1) is 12.9. The molecule has 0 radical (unpaired) electrons. The topological polar surface area (TPSA) is 49.5 Å². The summed E-state index contributed by atoms with van der Waals surface area (Å²) in [6, 6.07) is 0. The van der Waals surface area contributed by atoms with Crippen molar-refractivity contribution in [3.05, 3.63) is 0 Å². The first-order valence-electron chi connectivity index (χ1n) is 5.17. The van der Waals surface area contributed by atoms with E-state index >= 15 is 0 Å². The first-order valence-corrected chi connectivity index (χ1v) is 5.17. The van der Waals surface area contributed by atoms with E-state index in [0.717, 1.165) is 32.5 Å². The third-order valence-corrected chi connectivity index (χ3v) is 2.03. The average molecular weight is 188 g/mol. The molecule has 0 rings (SSSR count). The van der Waals surface area contributed by atoms with E-state index in [9.17, 15) is 0 Å². The molecule has 0 aromatic heterocycles. The second kappa shape index (κ2) is 6.35. The molecule has 13 heavy (non-hydrogen) atoms. The van der Waals surface area contributed by atoms with E-state index in [1.54, 1.807) is 0 Å². The van der Waals surface area contributed by atoms with Crippen molar-refractivity contribution in [2.75, 3.05) is 26.2 Å². The highest BCUT2D eigenvalue weighted by molar-refractivity contribution is 4.81. The van der Waals surface area contributed by atoms with Gasteiger partial charge in [-0.15, -0.1) is 0 Å².